The number of carboxylic acid groups (broad SMARTS) is 1. The van der Waals surface area contributed by atoms with Gasteiger partial charge >= 0.3 is 5.97 Å². The second kappa shape index (κ2) is 6.18. The van der Waals surface area contributed by atoms with Gasteiger partial charge < -0.3 is 5.11 Å². The first-order chi connectivity index (χ1) is 10.3. The molecule has 1 N–H and O–H groups in total. The Bertz CT molecular complexity index is 724. The van der Waals surface area contributed by atoms with E-state index in [1.807, 2.05) is 30.3 Å². The van der Waals surface area contributed by atoms with Crippen molar-refractivity contribution in [3.8, 4) is 0 Å². The summed E-state index contributed by atoms with van der Waals surface area (Å²) in [4.78, 5) is 11.3. The number of benzene rings is 2. The molecule has 2 nitrogen and oxygen atoms in total. The molecule has 0 aliphatic rings. The molecule has 0 atom stereocenters. The molecule has 0 saturated carbocycles. The minimum Gasteiger partial charge on any atom is -0.478 e. The average Bonchev–Trinajstić information content (AvgIpc) is 2.50. The molecule has 0 aliphatic carbocycles. The number of hydrogen-bond donors (Lipinski definition) is 1. The van der Waals surface area contributed by atoms with Crippen LogP contribution in [0.1, 0.15) is 38.9 Å². The number of carboxylic acids is 1. The fraction of sp³-hybridized carbons (Fsp3) is 0.250. The summed E-state index contributed by atoms with van der Waals surface area (Å²) < 4.78 is 0. The van der Waals surface area contributed by atoms with E-state index in [9.17, 15) is 9.90 Å². The van der Waals surface area contributed by atoms with Gasteiger partial charge in [0.25, 0.3) is 0 Å². The molecule has 0 saturated heterocycles. The van der Waals surface area contributed by atoms with Crippen LogP contribution < -0.4 is 0 Å². The third-order valence-electron chi connectivity index (χ3n) is 4.62. The number of aliphatic carboxylic acids is 1. The Balaban J connectivity index is 2.83. The van der Waals surface area contributed by atoms with Crippen LogP contribution >= 0.6 is 0 Å². The van der Waals surface area contributed by atoms with Crippen molar-refractivity contribution in [2.45, 2.75) is 34.6 Å². The normalized spacial score (nSPS) is 11.6. The van der Waals surface area contributed by atoms with Gasteiger partial charge in [-0.05, 0) is 79.1 Å². The molecule has 0 unspecified atom stereocenters. The molecule has 2 aromatic carbocycles. The molecule has 0 fully saturated rings. The van der Waals surface area contributed by atoms with Crippen molar-refractivity contribution in [3.05, 3.63) is 75.4 Å². The van der Waals surface area contributed by atoms with Gasteiger partial charge in [-0.3, -0.25) is 0 Å². The van der Waals surface area contributed by atoms with Crippen LogP contribution in [0.4, 0.5) is 0 Å². The zero-order valence-corrected chi connectivity index (χ0v) is 13.8. The largest absolute Gasteiger partial charge is 0.478 e. The highest BCUT2D eigenvalue weighted by Crippen LogP contribution is 2.34. The lowest BCUT2D eigenvalue weighted by atomic mass is 9.84. The SMILES string of the molecule is Cc1c(C)c(C)c(C(=CC(=O)O)c2ccccc2)c(C)c1C. The van der Waals surface area contributed by atoms with E-state index in [4.69, 9.17) is 0 Å². The van der Waals surface area contributed by atoms with Crippen LogP contribution in [0.25, 0.3) is 5.57 Å². The van der Waals surface area contributed by atoms with E-state index < -0.39 is 5.97 Å². The van der Waals surface area contributed by atoms with Crippen LogP contribution in [0.15, 0.2) is 36.4 Å². The van der Waals surface area contributed by atoms with Crippen molar-refractivity contribution in [1.82, 2.24) is 0 Å². The smallest absolute Gasteiger partial charge is 0.328 e. The number of hydrogen-bond acceptors (Lipinski definition) is 1. The van der Waals surface area contributed by atoms with Crippen molar-refractivity contribution in [3.63, 3.8) is 0 Å². The minimum atomic E-state index is -0.923. The highest BCUT2D eigenvalue weighted by Gasteiger charge is 2.17. The Morgan fingerprint density at radius 2 is 1.27 bits per heavy atom. The summed E-state index contributed by atoms with van der Waals surface area (Å²) in [6, 6.07) is 9.72. The van der Waals surface area contributed by atoms with Gasteiger partial charge in [-0.1, -0.05) is 30.3 Å². The molecule has 2 heteroatoms. The Morgan fingerprint density at radius 1 is 0.818 bits per heavy atom. The molecule has 114 valence electrons. The first kappa shape index (κ1) is 16.0. The fourth-order valence-corrected chi connectivity index (χ4v) is 2.95. The lowest BCUT2D eigenvalue weighted by Gasteiger charge is -2.21. The summed E-state index contributed by atoms with van der Waals surface area (Å²) in [6.45, 7) is 10.5. The van der Waals surface area contributed by atoms with Gasteiger partial charge in [-0.2, -0.15) is 0 Å². The lowest BCUT2D eigenvalue weighted by Crippen LogP contribution is -2.05. The Hall–Kier alpha value is -2.35. The van der Waals surface area contributed by atoms with Crippen LogP contribution in [-0.2, 0) is 4.79 Å². The standard InChI is InChI=1S/C20H22O2/c1-12-13(2)15(4)20(16(5)14(12)3)18(11-19(21)22)17-9-7-6-8-10-17/h6-11H,1-5H3,(H,21,22). The van der Waals surface area contributed by atoms with Crippen molar-refractivity contribution in [2.24, 2.45) is 0 Å². The van der Waals surface area contributed by atoms with E-state index in [2.05, 4.69) is 34.6 Å². The zero-order chi connectivity index (χ0) is 16.4. The molecule has 0 bridgehead atoms. The zero-order valence-electron chi connectivity index (χ0n) is 13.8. The summed E-state index contributed by atoms with van der Waals surface area (Å²) >= 11 is 0. The van der Waals surface area contributed by atoms with Gasteiger partial charge in [-0.25, -0.2) is 4.79 Å². The molecule has 0 heterocycles. The van der Waals surface area contributed by atoms with Crippen LogP contribution in [0, 0.1) is 34.6 Å². The second-order valence-electron chi connectivity index (χ2n) is 5.76. The molecule has 22 heavy (non-hydrogen) atoms. The van der Waals surface area contributed by atoms with Crippen LogP contribution in [0.5, 0.6) is 0 Å². The van der Waals surface area contributed by atoms with Gasteiger partial charge in [0, 0.05) is 6.08 Å². The van der Waals surface area contributed by atoms with E-state index in [-0.39, 0.29) is 0 Å². The summed E-state index contributed by atoms with van der Waals surface area (Å²) in [5.41, 5.74) is 8.77. The van der Waals surface area contributed by atoms with Gasteiger partial charge in [0.1, 0.15) is 0 Å². The predicted octanol–water partition coefficient (Wildman–Crippen LogP) is 4.75. The maximum atomic E-state index is 11.3. The minimum absolute atomic E-state index is 0.773. The summed E-state index contributed by atoms with van der Waals surface area (Å²) in [7, 11) is 0. The van der Waals surface area contributed by atoms with Crippen molar-refractivity contribution >= 4 is 11.5 Å². The molecular weight excluding hydrogens is 272 g/mol. The molecule has 0 aliphatic heterocycles. The number of rotatable bonds is 3. The molecular formula is C20H22O2. The third kappa shape index (κ3) is 2.82. The van der Waals surface area contributed by atoms with Gasteiger partial charge in [-0.15, -0.1) is 0 Å². The van der Waals surface area contributed by atoms with Crippen LogP contribution in [0.2, 0.25) is 0 Å². The molecule has 0 aromatic heterocycles. The maximum Gasteiger partial charge on any atom is 0.328 e. The first-order valence-electron chi connectivity index (χ1n) is 7.42. The molecule has 2 rings (SSSR count). The van der Waals surface area contributed by atoms with E-state index in [1.165, 1.54) is 22.8 Å². The average molecular weight is 294 g/mol. The Morgan fingerprint density at radius 3 is 1.73 bits per heavy atom. The monoisotopic (exact) mass is 294 g/mol. The third-order valence-corrected chi connectivity index (χ3v) is 4.62. The van der Waals surface area contributed by atoms with E-state index >= 15 is 0 Å². The molecule has 0 radical (unpaired) electrons. The summed E-state index contributed by atoms with van der Waals surface area (Å²) in [6.07, 6.45) is 1.32. The van der Waals surface area contributed by atoms with E-state index in [0.29, 0.717) is 0 Å². The van der Waals surface area contributed by atoms with Crippen molar-refractivity contribution in [2.75, 3.05) is 0 Å². The lowest BCUT2D eigenvalue weighted by molar-refractivity contribution is -0.131. The summed E-state index contributed by atoms with van der Waals surface area (Å²) in [5.74, 6) is -0.923. The van der Waals surface area contributed by atoms with Crippen LogP contribution in [-0.4, -0.2) is 11.1 Å². The predicted molar refractivity (Wildman–Crippen MR) is 91.3 cm³/mol. The van der Waals surface area contributed by atoms with Gasteiger partial charge in [0.15, 0.2) is 0 Å². The first-order valence-corrected chi connectivity index (χ1v) is 7.42. The quantitative estimate of drug-likeness (QED) is 0.830. The van der Waals surface area contributed by atoms with E-state index in [0.717, 1.165) is 27.8 Å². The molecule has 0 spiro atoms. The highest BCUT2D eigenvalue weighted by molar-refractivity contribution is 5.97. The van der Waals surface area contributed by atoms with Gasteiger partial charge in [0.05, 0.1) is 0 Å². The molecule has 2 aromatic rings. The van der Waals surface area contributed by atoms with Crippen LogP contribution in [0.3, 0.4) is 0 Å². The van der Waals surface area contributed by atoms with E-state index in [1.54, 1.807) is 0 Å². The summed E-state index contributed by atoms with van der Waals surface area (Å²) in [5, 5.41) is 9.31. The maximum absolute atomic E-state index is 11.3. The highest BCUT2D eigenvalue weighted by atomic mass is 16.4. The number of carbonyl (C=O) groups is 1. The fourth-order valence-electron chi connectivity index (χ4n) is 2.95. The van der Waals surface area contributed by atoms with Crippen molar-refractivity contribution in [1.29, 1.82) is 0 Å². The topological polar surface area (TPSA) is 37.3 Å². The Kier molecular flexibility index (Phi) is 4.51. The van der Waals surface area contributed by atoms with Crippen molar-refractivity contribution < 1.29 is 9.90 Å². The molecule has 0 amide bonds. The van der Waals surface area contributed by atoms with Gasteiger partial charge in [0.2, 0.25) is 0 Å². The second-order valence-corrected chi connectivity index (χ2v) is 5.76. The Labute approximate surface area is 132 Å².